The molecule has 1 aliphatic heterocycles. The summed E-state index contributed by atoms with van der Waals surface area (Å²) < 4.78 is 31.9. The number of sulfone groups is 1. The number of hydrogen-bond acceptors (Lipinski definition) is 10. The summed E-state index contributed by atoms with van der Waals surface area (Å²) in [5.74, 6) is 1.61. The Hall–Kier alpha value is -2.89. The molecule has 2 fully saturated rings. The van der Waals surface area contributed by atoms with E-state index in [1.54, 1.807) is 7.05 Å². The Morgan fingerprint density at radius 2 is 1.95 bits per heavy atom. The molecule has 212 valence electrons. The fourth-order valence-electron chi connectivity index (χ4n) is 4.79. The zero-order valence-corrected chi connectivity index (χ0v) is 24.5. The van der Waals surface area contributed by atoms with Gasteiger partial charge in [-0.15, -0.1) is 0 Å². The molecule has 0 atom stereocenters. The van der Waals surface area contributed by atoms with Crippen molar-refractivity contribution in [2.24, 2.45) is 0 Å². The molecular formula is C27H38ClN7O3S. The average Bonchev–Trinajstić information content (AvgIpc) is 2.85. The number of nitrogens with one attached hydrogen (secondary N) is 5. The summed E-state index contributed by atoms with van der Waals surface area (Å²) in [6, 6.07) is 4.16. The van der Waals surface area contributed by atoms with Crippen molar-refractivity contribution < 1.29 is 13.2 Å². The largest absolute Gasteiger partial charge is 0.489 e. The number of aromatic nitrogens is 2. The summed E-state index contributed by atoms with van der Waals surface area (Å²) in [5, 5.41) is 20.0. The quantitative estimate of drug-likeness (QED) is 0.198. The second kappa shape index (κ2) is 12.5. The molecule has 0 spiro atoms. The van der Waals surface area contributed by atoms with E-state index in [9.17, 15) is 8.42 Å². The van der Waals surface area contributed by atoms with E-state index in [-0.39, 0.29) is 28.6 Å². The molecule has 0 radical (unpaired) electrons. The van der Waals surface area contributed by atoms with Crippen molar-refractivity contribution in [1.29, 1.82) is 5.41 Å². The first-order valence-electron chi connectivity index (χ1n) is 13.4. The zero-order valence-electron chi connectivity index (χ0n) is 22.9. The van der Waals surface area contributed by atoms with Crippen LogP contribution in [0, 0.1) is 12.3 Å². The molecule has 10 nitrogen and oxygen atoms in total. The highest BCUT2D eigenvalue weighted by molar-refractivity contribution is 8.07. The lowest BCUT2D eigenvalue weighted by Crippen LogP contribution is -2.36. The van der Waals surface area contributed by atoms with E-state index in [2.05, 4.69) is 44.2 Å². The number of piperidine rings is 1. The lowest BCUT2D eigenvalue weighted by molar-refractivity contribution is 0.243. The van der Waals surface area contributed by atoms with Gasteiger partial charge in [-0.1, -0.05) is 18.0 Å². The molecule has 2 aliphatic rings. The first kappa shape index (κ1) is 29.1. The van der Waals surface area contributed by atoms with E-state index < -0.39 is 20.1 Å². The maximum atomic E-state index is 12.9. The Labute approximate surface area is 235 Å². The molecule has 2 heterocycles. The van der Waals surface area contributed by atoms with Gasteiger partial charge in [-0.3, -0.25) is 5.41 Å². The number of nitrogens with zero attached hydrogens (tertiary/aromatic N) is 2. The van der Waals surface area contributed by atoms with Crippen LogP contribution in [0.15, 0.2) is 30.2 Å². The highest BCUT2D eigenvalue weighted by atomic mass is 35.5. The summed E-state index contributed by atoms with van der Waals surface area (Å²) >= 11 is 6.38. The van der Waals surface area contributed by atoms with Gasteiger partial charge < -0.3 is 26.0 Å². The molecule has 1 saturated carbocycles. The molecule has 2 aromatic rings. The fraction of sp³-hybridized carbons (Fsp3) is 0.519. The molecule has 39 heavy (non-hydrogen) atoms. The van der Waals surface area contributed by atoms with Crippen molar-refractivity contribution in [1.82, 2.24) is 20.6 Å². The summed E-state index contributed by atoms with van der Waals surface area (Å²) in [5.41, 5.74) is 3.22. The van der Waals surface area contributed by atoms with E-state index in [1.165, 1.54) is 18.0 Å². The number of ether oxygens (including phenoxy) is 1. The van der Waals surface area contributed by atoms with Gasteiger partial charge in [0.15, 0.2) is 20.7 Å². The fourth-order valence-corrected chi connectivity index (χ4v) is 6.63. The van der Waals surface area contributed by atoms with E-state index in [4.69, 9.17) is 21.7 Å². The molecule has 0 bridgehead atoms. The summed E-state index contributed by atoms with van der Waals surface area (Å²) in [6.07, 6.45) is 6.96. The average molecular weight is 576 g/mol. The third kappa shape index (κ3) is 6.82. The maximum Gasteiger partial charge on any atom is 0.229 e. The van der Waals surface area contributed by atoms with Crippen LogP contribution in [-0.2, 0) is 9.84 Å². The molecule has 1 saturated heterocycles. The summed E-state index contributed by atoms with van der Waals surface area (Å²) in [7, 11) is -2.13. The van der Waals surface area contributed by atoms with Crippen molar-refractivity contribution >= 4 is 43.9 Å². The van der Waals surface area contributed by atoms with E-state index in [0.717, 1.165) is 43.6 Å². The van der Waals surface area contributed by atoms with Crippen molar-refractivity contribution in [3.05, 3.63) is 46.4 Å². The molecule has 12 heteroatoms. The minimum atomic E-state index is -3.76. The van der Waals surface area contributed by atoms with Crippen molar-refractivity contribution in [2.75, 3.05) is 30.8 Å². The molecular weight excluding hydrogens is 538 g/mol. The lowest BCUT2D eigenvalue weighted by Gasteiger charge is -2.26. The van der Waals surface area contributed by atoms with Crippen LogP contribution in [0.3, 0.4) is 0 Å². The number of benzene rings is 1. The van der Waals surface area contributed by atoms with E-state index >= 15 is 0 Å². The minimum Gasteiger partial charge on any atom is -0.489 e. The lowest BCUT2D eigenvalue weighted by atomic mass is 9.87. The molecule has 4 rings (SSSR count). The molecule has 1 aromatic heterocycles. The Morgan fingerprint density at radius 1 is 1.23 bits per heavy atom. The Morgan fingerprint density at radius 3 is 2.56 bits per heavy atom. The van der Waals surface area contributed by atoms with Gasteiger partial charge in [-0.25, -0.2) is 13.4 Å². The van der Waals surface area contributed by atoms with Gasteiger partial charge in [0.25, 0.3) is 0 Å². The number of halogens is 1. The monoisotopic (exact) mass is 575 g/mol. The molecule has 1 aromatic carbocycles. The number of hydrogen-bond donors (Lipinski definition) is 5. The predicted molar refractivity (Wildman–Crippen MR) is 157 cm³/mol. The standard InChI is InChI=1S/C27H38ClN7O3S/c1-16(2)38-24-13-20(18-8-10-31-11-9-18)17(3)12-22(24)34-27-32-14-21(28)26(35-27)33-23(15-30-4)25(29)39(36,37)19-6-5-7-19/h12-16,18-19,29-31H,5-11H2,1-4H3,(H2,32,33,34,35)/b23-15+,29-25?. The minimum absolute atomic E-state index is 0.0321. The van der Waals surface area contributed by atoms with Crippen LogP contribution < -0.4 is 26.0 Å². The molecule has 0 unspecified atom stereocenters. The van der Waals surface area contributed by atoms with E-state index in [0.29, 0.717) is 24.5 Å². The smallest absolute Gasteiger partial charge is 0.229 e. The molecule has 0 amide bonds. The molecule has 5 N–H and O–H groups in total. The van der Waals surface area contributed by atoms with Gasteiger partial charge in [0.05, 0.1) is 28.9 Å². The Kier molecular flexibility index (Phi) is 9.35. The van der Waals surface area contributed by atoms with Crippen molar-refractivity contribution in [2.45, 2.75) is 70.1 Å². The second-order valence-electron chi connectivity index (χ2n) is 10.3. The van der Waals surface area contributed by atoms with Gasteiger partial charge in [0.2, 0.25) is 5.95 Å². The van der Waals surface area contributed by atoms with Crippen LogP contribution in [0.2, 0.25) is 5.02 Å². The van der Waals surface area contributed by atoms with Gasteiger partial charge in [-0.2, -0.15) is 4.98 Å². The van der Waals surface area contributed by atoms with Gasteiger partial charge in [0.1, 0.15) is 10.8 Å². The van der Waals surface area contributed by atoms with Crippen molar-refractivity contribution in [3.63, 3.8) is 0 Å². The second-order valence-corrected chi connectivity index (χ2v) is 12.9. The predicted octanol–water partition coefficient (Wildman–Crippen LogP) is 4.85. The highest BCUT2D eigenvalue weighted by Crippen LogP contribution is 2.37. The first-order chi connectivity index (χ1) is 18.6. The van der Waals surface area contributed by atoms with E-state index in [1.807, 2.05) is 19.9 Å². The van der Waals surface area contributed by atoms with Crippen LogP contribution in [-0.4, -0.2) is 54.9 Å². The normalized spacial score (nSPS) is 17.0. The van der Waals surface area contributed by atoms with Crippen LogP contribution in [0.25, 0.3) is 0 Å². The Balaban J connectivity index is 1.61. The summed E-state index contributed by atoms with van der Waals surface area (Å²) in [4.78, 5) is 8.84. The van der Waals surface area contributed by atoms with Crippen molar-refractivity contribution in [3.8, 4) is 5.75 Å². The first-order valence-corrected chi connectivity index (χ1v) is 15.3. The topological polar surface area (TPSA) is 141 Å². The Bertz CT molecular complexity index is 1340. The zero-order chi connectivity index (χ0) is 28.2. The number of aryl methyl sites for hydroxylation is 1. The number of rotatable bonds is 10. The van der Waals surface area contributed by atoms with Gasteiger partial charge in [0, 0.05) is 13.2 Å². The highest BCUT2D eigenvalue weighted by Gasteiger charge is 2.36. The van der Waals surface area contributed by atoms with Crippen LogP contribution >= 0.6 is 11.6 Å². The van der Waals surface area contributed by atoms with Gasteiger partial charge >= 0.3 is 0 Å². The number of anilines is 3. The summed E-state index contributed by atoms with van der Waals surface area (Å²) in [6.45, 7) is 8.07. The van der Waals surface area contributed by atoms with Crippen LogP contribution in [0.5, 0.6) is 5.75 Å². The third-order valence-corrected chi connectivity index (χ3v) is 9.48. The third-order valence-electron chi connectivity index (χ3n) is 7.06. The SMILES string of the molecule is CN/C=C(/Nc1nc(Nc2cc(C)c(C3CCNCC3)cc2OC(C)C)ncc1Cl)C(=N)S(=O)(=O)C1CCC1. The van der Waals surface area contributed by atoms with Crippen LogP contribution in [0.1, 0.15) is 63.0 Å². The van der Waals surface area contributed by atoms with Gasteiger partial charge in [-0.05, 0) is 88.7 Å². The molecule has 1 aliphatic carbocycles. The maximum absolute atomic E-state index is 12.9. The van der Waals surface area contributed by atoms with Crippen LogP contribution in [0.4, 0.5) is 17.5 Å².